The fourth-order valence-corrected chi connectivity index (χ4v) is 2.41. The predicted molar refractivity (Wildman–Crippen MR) is 84.9 cm³/mol. The van der Waals surface area contributed by atoms with Crippen molar-refractivity contribution in [2.45, 2.75) is 13.0 Å². The number of carbonyl (C=O) groups excluding carboxylic acids is 1. The van der Waals surface area contributed by atoms with Gasteiger partial charge in [0.05, 0.1) is 22.5 Å². The smallest absolute Gasteiger partial charge is 0.308 e. The average molecular weight is 336 g/mol. The highest BCUT2D eigenvalue weighted by atomic mass is 35.5. The summed E-state index contributed by atoms with van der Waals surface area (Å²) in [5, 5.41) is 11.6. The summed E-state index contributed by atoms with van der Waals surface area (Å²) in [7, 11) is 0. The van der Waals surface area contributed by atoms with Crippen molar-refractivity contribution in [2.24, 2.45) is 5.92 Å². The van der Waals surface area contributed by atoms with E-state index in [-0.39, 0.29) is 10.6 Å². The fraction of sp³-hybridized carbons (Fsp3) is 0.176. The molecule has 23 heavy (non-hydrogen) atoms. The van der Waals surface area contributed by atoms with Gasteiger partial charge in [-0.2, -0.15) is 0 Å². The van der Waals surface area contributed by atoms with Crippen LogP contribution in [0.1, 0.15) is 28.9 Å². The molecule has 0 aliphatic rings. The average Bonchev–Trinajstić information content (AvgIpc) is 2.55. The normalized spacial score (nSPS) is 13.2. The molecule has 2 aromatic rings. The van der Waals surface area contributed by atoms with Gasteiger partial charge in [-0.1, -0.05) is 48.0 Å². The van der Waals surface area contributed by atoms with Crippen LogP contribution in [0.15, 0.2) is 48.5 Å². The van der Waals surface area contributed by atoms with Gasteiger partial charge in [-0.05, 0) is 24.6 Å². The van der Waals surface area contributed by atoms with Crippen LogP contribution in [0.25, 0.3) is 0 Å². The summed E-state index contributed by atoms with van der Waals surface area (Å²) in [5.41, 5.74) is 0.605. The summed E-state index contributed by atoms with van der Waals surface area (Å²) < 4.78 is 13.5. The molecule has 0 saturated carbocycles. The molecule has 1 amide bonds. The minimum Gasteiger partial charge on any atom is -0.481 e. The number of rotatable bonds is 5. The van der Waals surface area contributed by atoms with E-state index in [1.54, 1.807) is 30.3 Å². The Balaban J connectivity index is 2.33. The number of benzene rings is 2. The number of carboxylic acid groups (broad SMARTS) is 1. The molecule has 120 valence electrons. The van der Waals surface area contributed by atoms with E-state index in [4.69, 9.17) is 11.6 Å². The minimum atomic E-state index is -1.05. The predicted octanol–water partition coefficient (Wildman–Crippen LogP) is 3.67. The molecule has 2 unspecified atom stereocenters. The van der Waals surface area contributed by atoms with Gasteiger partial charge in [0.2, 0.25) is 0 Å². The lowest BCUT2D eigenvalue weighted by molar-refractivity contribution is -0.142. The van der Waals surface area contributed by atoms with Crippen LogP contribution in [0.5, 0.6) is 0 Å². The van der Waals surface area contributed by atoms with Gasteiger partial charge in [0.15, 0.2) is 0 Å². The molecule has 0 fully saturated rings. The van der Waals surface area contributed by atoms with Crippen molar-refractivity contribution < 1.29 is 19.1 Å². The first-order valence-corrected chi connectivity index (χ1v) is 7.32. The van der Waals surface area contributed by atoms with Crippen LogP contribution in [0, 0.1) is 11.7 Å². The second kappa shape index (κ2) is 7.24. The Morgan fingerprint density at radius 1 is 1.13 bits per heavy atom. The van der Waals surface area contributed by atoms with E-state index in [9.17, 15) is 19.1 Å². The van der Waals surface area contributed by atoms with Crippen molar-refractivity contribution in [1.29, 1.82) is 0 Å². The van der Waals surface area contributed by atoms with Gasteiger partial charge < -0.3 is 10.4 Å². The van der Waals surface area contributed by atoms with Gasteiger partial charge in [-0.25, -0.2) is 4.39 Å². The Morgan fingerprint density at radius 3 is 2.39 bits per heavy atom. The SMILES string of the molecule is CC(C(=O)O)C(NC(=O)c1cccc(F)c1Cl)c1ccccc1. The number of hydrogen-bond acceptors (Lipinski definition) is 2. The van der Waals surface area contributed by atoms with Crippen LogP contribution in [-0.2, 0) is 4.79 Å². The van der Waals surface area contributed by atoms with Crippen molar-refractivity contribution in [3.8, 4) is 0 Å². The van der Waals surface area contributed by atoms with Crippen LogP contribution in [0.2, 0.25) is 5.02 Å². The van der Waals surface area contributed by atoms with Crippen LogP contribution in [0.3, 0.4) is 0 Å². The van der Waals surface area contributed by atoms with E-state index in [0.29, 0.717) is 5.56 Å². The molecule has 2 rings (SSSR count). The zero-order chi connectivity index (χ0) is 17.0. The van der Waals surface area contributed by atoms with Crippen LogP contribution >= 0.6 is 11.6 Å². The highest BCUT2D eigenvalue weighted by Gasteiger charge is 2.27. The number of aliphatic carboxylic acids is 1. The first-order valence-electron chi connectivity index (χ1n) is 6.94. The summed E-state index contributed by atoms with van der Waals surface area (Å²) in [5.74, 6) is -3.25. The minimum absolute atomic E-state index is 0.0369. The number of hydrogen-bond donors (Lipinski definition) is 2. The second-order valence-corrected chi connectivity index (χ2v) is 5.47. The Hall–Kier alpha value is -2.40. The lowest BCUT2D eigenvalue weighted by Crippen LogP contribution is -2.35. The van der Waals surface area contributed by atoms with Crippen molar-refractivity contribution in [2.75, 3.05) is 0 Å². The summed E-state index contributed by atoms with van der Waals surface area (Å²) >= 11 is 5.81. The van der Waals surface area contributed by atoms with Crippen LogP contribution < -0.4 is 5.32 Å². The van der Waals surface area contributed by atoms with Gasteiger partial charge >= 0.3 is 5.97 Å². The molecule has 0 aliphatic heterocycles. The Kier molecular flexibility index (Phi) is 5.34. The zero-order valence-corrected chi connectivity index (χ0v) is 13.0. The number of amides is 1. The monoisotopic (exact) mass is 335 g/mol. The number of carbonyl (C=O) groups is 2. The molecular formula is C17H15ClFNO3. The maximum Gasteiger partial charge on any atom is 0.308 e. The third kappa shape index (κ3) is 3.87. The molecule has 0 saturated heterocycles. The lowest BCUT2D eigenvalue weighted by atomic mass is 9.94. The fourth-order valence-electron chi connectivity index (χ4n) is 2.20. The molecule has 6 heteroatoms. The van der Waals surface area contributed by atoms with E-state index in [0.717, 1.165) is 6.07 Å². The Labute approximate surface area is 137 Å². The van der Waals surface area contributed by atoms with Gasteiger partial charge in [-0.15, -0.1) is 0 Å². The molecule has 0 bridgehead atoms. The van der Waals surface area contributed by atoms with Crippen LogP contribution in [0.4, 0.5) is 4.39 Å². The van der Waals surface area contributed by atoms with Crippen molar-refractivity contribution in [3.63, 3.8) is 0 Å². The standard InChI is InChI=1S/C17H15ClFNO3/c1-10(17(22)23)15(11-6-3-2-4-7-11)20-16(21)12-8-5-9-13(19)14(12)18/h2-10,15H,1H3,(H,20,21)(H,22,23). The third-order valence-electron chi connectivity index (χ3n) is 3.53. The van der Waals surface area contributed by atoms with E-state index in [1.807, 2.05) is 0 Å². The molecule has 0 radical (unpaired) electrons. The Morgan fingerprint density at radius 2 is 1.78 bits per heavy atom. The van der Waals surface area contributed by atoms with Gasteiger partial charge in [0, 0.05) is 0 Å². The van der Waals surface area contributed by atoms with Crippen molar-refractivity contribution >= 4 is 23.5 Å². The van der Waals surface area contributed by atoms with E-state index < -0.39 is 29.7 Å². The quantitative estimate of drug-likeness (QED) is 0.876. The number of nitrogens with one attached hydrogen (secondary N) is 1. The maximum atomic E-state index is 13.5. The lowest BCUT2D eigenvalue weighted by Gasteiger charge is -2.23. The molecule has 0 aliphatic carbocycles. The maximum absolute atomic E-state index is 13.5. The topological polar surface area (TPSA) is 66.4 Å². The second-order valence-electron chi connectivity index (χ2n) is 5.09. The highest BCUT2D eigenvalue weighted by molar-refractivity contribution is 6.34. The number of carboxylic acids is 1. The molecule has 0 heterocycles. The van der Waals surface area contributed by atoms with Crippen molar-refractivity contribution in [3.05, 3.63) is 70.5 Å². The van der Waals surface area contributed by atoms with E-state index in [1.165, 1.54) is 19.1 Å². The van der Waals surface area contributed by atoms with Crippen molar-refractivity contribution in [1.82, 2.24) is 5.32 Å². The Bertz CT molecular complexity index is 721. The molecule has 2 N–H and O–H groups in total. The summed E-state index contributed by atoms with van der Waals surface area (Å²) in [6.45, 7) is 1.49. The molecule has 2 aromatic carbocycles. The summed E-state index contributed by atoms with van der Waals surface area (Å²) in [4.78, 5) is 23.7. The van der Waals surface area contributed by atoms with Gasteiger partial charge in [0.25, 0.3) is 5.91 Å². The molecule has 2 atom stereocenters. The number of halogens is 2. The van der Waals surface area contributed by atoms with Gasteiger partial charge in [0.1, 0.15) is 5.82 Å². The van der Waals surface area contributed by atoms with E-state index >= 15 is 0 Å². The largest absolute Gasteiger partial charge is 0.481 e. The first kappa shape index (κ1) is 17.0. The molecular weight excluding hydrogens is 321 g/mol. The zero-order valence-electron chi connectivity index (χ0n) is 12.3. The first-order chi connectivity index (χ1) is 10.9. The highest BCUT2D eigenvalue weighted by Crippen LogP contribution is 2.25. The third-order valence-corrected chi connectivity index (χ3v) is 3.92. The molecule has 4 nitrogen and oxygen atoms in total. The summed E-state index contributed by atoms with van der Waals surface area (Å²) in [6.07, 6.45) is 0. The summed E-state index contributed by atoms with van der Waals surface area (Å²) in [6, 6.07) is 11.9. The molecule has 0 spiro atoms. The molecule has 0 aromatic heterocycles. The van der Waals surface area contributed by atoms with Gasteiger partial charge in [-0.3, -0.25) is 9.59 Å². The van der Waals surface area contributed by atoms with Crippen LogP contribution in [-0.4, -0.2) is 17.0 Å². The van der Waals surface area contributed by atoms with E-state index in [2.05, 4.69) is 5.32 Å².